The largest absolute Gasteiger partial charge is 0.472 e. The highest BCUT2D eigenvalue weighted by Gasteiger charge is 2.49. The molecule has 2 aliphatic rings. The number of halogens is 4. The molecule has 4 rings (SSSR count). The molecule has 2 aromatic rings. The van der Waals surface area contributed by atoms with Crippen molar-refractivity contribution >= 4 is 69.1 Å². The van der Waals surface area contributed by atoms with Gasteiger partial charge in [-0.25, -0.2) is 4.79 Å². The first-order chi connectivity index (χ1) is 16.8. The molecule has 1 atom stereocenters. The molecule has 36 heavy (non-hydrogen) atoms. The van der Waals surface area contributed by atoms with E-state index >= 15 is 0 Å². The van der Waals surface area contributed by atoms with Crippen LogP contribution in [-0.2, 0) is 20.7 Å². The predicted octanol–water partition coefficient (Wildman–Crippen LogP) is 5.82. The lowest BCUT2D eigenvalue weighted by molar-refractivity contribution is -0.146. The van der Waals surface area contributed by atoms with Gasteiger partial charge in [-0.3, -0.25) is 14.8 Å². The Morgan fingerprint density at radius 1 is 1.17 bits per heavy atom. The van der Waals surface area contributed by atoms with Crippen LogP contribution < -0.4 is 10.6 Å². The molecule has 1 fully saturated rings. The van der Waals surface area contributed by atoms with Gasteiger partial charge < -0.3 is 20.1 Å². The van der Waals surface area contributed by atoms with E-state index in [1.54, 1.807) is 19.1 Å². The van der Waals surface area contributed by atoms with Gasteiger partial charge in [0.2, 0.25) is 0 Å². The molecule has 2 aromatic heterocycles. The number of ether oxygens (including phenoxy) is 2. The Labute approximate surface area is 234 Å². The van der Waals surface area contributed by atoms with E-state index in [0.717, 1.165) is 31.4 Å². The van der Waals surface area contributed by atoms with Gasteiger partial charge in [0.05, 0.1) is 34.1 Å². The molecule has 0 bridgehead atoms. The van der Waals surface area contributed by atoms with Gasteiger partial charge in [0.15, 0.2) is 10.3 Å². The molecule has 1 aliphatic heterocycles. The summed E-state index contributed by atoms with van der Waals surface area (Å²) in [4.78, 5) is 33.6. The molecule has 0 unspecified atom stereocenters. The molecule has 0 radical (unpaired) electrons. The number of carbonyl (C=O) groups is 2. The van der Waals surface area contributed by atoms with Crippen LogP contribution in [0, 0.1) is 0 Å². The standard InChI is InChI=1S/C24H25BrCl2N4O4.ClH/c1-2-34-23(33)18(31-20-21(25)35-24(20)8-4-3-5-9-24)10-14-6-7-15(11-29-14)30-22(32)19-16(26)12-28-13-17(19)27;/h6-7,11-13,18,31H,2-5,8-10H2,1H3,(H,30,32);1H/t18-;/m0./s1. The fraction of sp³-hybridized carbons (Fsp3) is 0.417. The molecular weight excluding hydrogens is 595 g/mol. The molecule has 1 amide bonds. The second-order valence-electron chi connectivity index (χ2n) is 8.43. The van der Waals surface area contributed by atoms with Gasteiger partial charge in [0, 0.05) is 24.5 Å². The molecule has 8 nitrogen and oxygen atoms in total. The fourth-order valence-corrected chi connectivity index (χ4v) is 5.65. The van der Waals surface area contributed by atoms with Gasteiger partial charge in [-0.15, -0.1) is 12.4 Å². The number of hydrogen-bond donors (Lipinski definition) is 2. The Kier molecular flexibility index (Phi) is 9.86. The number of esters is 1. The van der Waals surface area contributed by atoms with Crippen molar-refractivity contribution in [2.75, 3.05) is 11.9 Å². The highest BCUT2D eigenvalue weighted by atomic mass is 79.9. The minimum Gasteiger partial charge on any atom is -0.472 e. The summed E-state index contributed by atoms with van der Waals surface area (Å²) in [7, 11) is 0. The summed E-state index contributed by atoms with van der Waals surface area (Å²) in [5.41, 5.74) is 1.80. The minimum absolute atomic E-state index is 0. The van der Waals surface area contributed by atoms with E-state index in [2.05, 4.69) is 36.5 Å². The van der Waals surface area contributed by atoms with Crippen LogP contribution in [0.4, 0.5) is 5.69 Å². The van der Waals surface area contributed by atoms with E-state index in [9.17, 15) is 9.59 Å². The summed E-state index contributed by atoms with van der Waals surface area (Å²) in [6, 6.07) is 2.81. The van der Waals surface area contributed by atoms with E-state index in [1.807, 2.05) is 0 Å². The van der Waals surface area contributed by atoms with Gasteiger partial charge in [0.1, 0.15) is 11.7 Å². The third-order valence-corrected chi connectivity index (χ3v) is 7.20. The lowest BCUT2D eigenvalue weighted by atomic mass is 9.80. The van der Waals surface area contributed by atoms with Crippen molar-refractivity contribution in [1.82, 2.24) is 15.3 Å². The lowest BCUT2D eigenvalue weighted by Crippen LogP contribution is -2.54. The maximum atomic E-state index is 12.8. The quantitative estimate of drug-likeness (QED) is 0.359. The Balaban J connectivity index is 0.00000361. The molecule has 194 valence electrons. The Hall–Kier alpha value is -2.07. The third kappa shape index (κ3) is 6.25. The van der Waals surface area contributed by atoms with Crippen molar-refractivity contribution in [2.24, 2.45) is 0 Å². The molecule has 2 N–H and O–H groups in total. The van der Waals surface area contributed by atoms with Crippen molar-refractivity contribution < 1.29 is 19.1 Å². The van der Waals surface area contributed by atoms with Crippen molar-refractivity contribution in [3.05, 3.63) is 62.4 Å². The molecule has 3 heterocycles. The molecular formula is C24H26BrCl3N4O4. The molecule has 1 saturated carbocycles. The molecule has 1 spiro atoms. The monoisotopic (exact) mass is 618 g/mol. The van der Waals surface area contributed by atoms with Crippen LogP contribution in [0.25, 0.3) is 0 Å². The second kappa shape index (κ2) is 12.4. The Morgan fingerprint density at radius 2 is 1.86 bits per heavy atom. The van der Waals surface area contributed by atoms with Crippen molar-refractivity contribution in [3.8, 4) is 0 Å². The molecule has 1 aliphatic carbocycles. The number of nitrogens with zero attached hydrogens (tertiary/aromatic N) is 2. The van der Waals surface area contributed by atoms with E-state index in [-0.39, 0.29) is 46.2 Å². The van der Waals surface area contributed by atoms with Gasteiger partial charge in [0.25, 0.3) is 5.91 Å². The van der Waals surface area contributed by atoms with Crippen LogP contribution >= 0.6 is 51.5 Å². The number of pyridine rings is 2. The topological polar surface area (TPSA) is 102 Å². The summed E-state index contributed by atoms with van der Waals surface area (Å²) in [6.07, 6.45) is 9.70. The van der Waals surface area contributed by atoms with Gasteiger partial charge >= 0.3 is 5.97 Å². The summed E-state index contributed by atoms with van der Waals surface area (Å²) < 4.78 is 11.9. The Bertz CT molecular complexity index is 1120. The van der Waals surface area contributed by atoms with Crippen LogP contribution in [-0.4, -0.2) is 40.1 Å². The zero-order valence-corrected chi connectivity index (χ0v) is 23.4. The lowest BCUT2D eigenvalue weighted by Gasteiger charge is -2.47. The second-order valence-corrected chi connectivity index (χ2v) is 9.96. The average Bonchev–Trinajstić information content (AvgIpc) is 2.83. The number of rotatable bonds is 8. The third-order valence-electron chi connectivity index (χ3n) is 6.06. The summed E-state index contributed by atoms with van der Waals surface area (Å²) >= 11 is 15.6. The number of carbonyl (C=O) groups excluding carboxylic acids is 2. The Morgan fingerprint density at radius 3 is 2.44 bits per heavy atom. The predicted molar refractivity (Wildman–Crippen MR) is 144 cm³/mol. The maximum Gasteiger partial charge on any atom is 0.328 e. The first kappa shape index (κ1) is 28.5. The number of nitrogens with one attached hydrogen (secondary N) is 2. The number of hydrogen-bond acceptors (Lipinski definition) is 7. The van der Waals surface area contributed by atoms with Gasteiger partial charge in [-0.1, -0.05) is 29.6 Å². The molecule has 0 saturated heterocycles. The normalized spacial score (nSPS) is 16.8. The first-order valence-electron chi connectivity index (χ1n) is 11.4. The molecule has 12 heteroatoms. The number of amides is 1. The number of anilines is 1. The van der Waals surface area contributed by atoms with Crippen LogP contribution in [0.3, 0.4) is 0 Å². The van der Waals surface area contributed by atoms with E-state index in [1.165, 1.54) is 25.0 Å². The van der Waals surface area contributed by atoms with Crippen molar-refractivity contribution in [1.29, 1.82) is 0 Å². The highest BCUT2D eigenvalue weighted by Crippen LogP contribution is 2.48. The molecule has 0 aromatic carbocycles. The summed E-state index contributed by atoms with van der Waals surface area (Å²) in [6.45, 7) is 2.05. The zero-order chi connectivity index (χ0) is 25.0. The number of aromatic nitrogens is 2. The maximum absolute atomic E-state index is 12.8. The SMILES string of the molecule is CCOC(=O)[C@H](Cc1ccc(NC(=O)c2c(Cl)cncc2Cl)cn1)NC1=C(Br)OC12CCCCC2.Cl. The fourth-order valence-electron chi connectivity index (χ4n) is 4.33. The summed E-state index contributed by atoms with van der Waals surface area (Å²) in [5.74, 6) is -0.832. The average molecular weight is 621 g/mol. The highest BCUT2D eigenvalue weighted by molar-refractivity contribution is 9.11. The van der Waals surface area contributed by atoms with Crippen LogP contribution in [0.15, 0.2) is 41.1 Å². The zero-order valence-electron chi connectivity index (χ0n) is 19.5. The van der Waals surface area contributed by atoms with E-state index in [4.69, 9.17) is 32.7 Å². The first-order valence-corrected chi connectivity index (χ1v) is 13.0. The summed E-state index contributed by atoms with van der Waals surface area (Å²) in [5, 5.41) is 6.39. The van der Waals surface area contributed by atoms with Gasteiger partial charge in [-0.05, 0) is 60.7 Å². The van der Waals surface area contributed by atoms with Crippen LogP contribution in [0.5, 0.6) is 0 Å². The van der Waals surface area contributed by atoms with Crippen LogP contribution in [0.1, 0.15) is 55.1 Å². The van der Waals surface area contributed by atoms with E-state index < -0.39 is 11.9 Å². The smallest absolute Gasteiger partial charge is 0.328 e. The van der Waals surface area contributed by atoms with E-state index in [0.29, 0.717) is 22.5 Å². The minimum atomic E-state index is -0.637. The van der Waals surface area contributed by atoms with Gasteiger partial charge in [-0.2, -0.15) is 0 Å². The van der Waals surface area contributed by atoms with Crippen molar-refractivity contribution in [2.45, 2.75) is 57.1 Å². The van der Waals surface area contributed by atoms with Crippen molar-refractivity contribution in [3.63, 3.8) is 0 Å². The van der Waals surface area contributed by atoms with Crippen LogP contribution in [0.2, 0.25) is 10.0 Å².